The maximum absolute atomic E-state index is 13.2. The van der Waals surface area contributed by atoms with Gasteiger partial charge in [-0.1, -0.05) is 48.2 Å². The Morgan fingerprint density at radius 2 is 1.78 bits per heavy atom. The Morgan fingerprint density at radius 1 is 1.09 bits per heavy atom. The van der Waals surface area contributed by atoms with E-state index in [1.807, 2.05) is 65.2 Å². The number of aromatic nitrogens is 3. The van der Waals surface area contributed by atoms with Gasteiger partial charge in [0.2, 0.25) is 5.91 Å². The number of rotatable bonds is 8. The molecule has 1 fully saturated rings. The van der Waals surface area contributed by atoms with Gasteiger partial charge in [0, 0.05) is 18.8 Å². The highest BCUT2D eigenvalue weighted by Crippen LogP contribution is 2.25. The Balaban J connectivity index is 1.47. The minimum absolute atomic E-state index is 0.0313. The van der Waals surface area contributed by atoms with Crippen LogP contribution in [0.2, 0.25) is 0 Å². The van der Waals surface area contributed by atoms with Gasteiger partial charge in [0.05, 0.1) is 5.75 Å². The second-order valence-corrected chi connectivity index (χ2v) is 9.75. The van der Waals surface area contributed by atoms with Crippen molar-refractivity contribution in [2.45, 2.75) is 23.4 Å². The van der Waals surface area contributed by atoms with Gasteiger partial charge in [-0.3, -0.25) is 9.36 Å². The topological polar surface area (TPSA) is 94.4 Å². The summed E-state index contributed by atoms with van der Waals surface area (Å²) < 4.78 is 43.1. The number of ether oxygens (including phenoxy) is 1. The zero-order valence-corrected chi connectivity index (χ0v) is 18.6. The lowest BCUT2D eigenvalue weighted by molar-refractivity contribution is -0.127. The summed E-state index contributed by atoms with van der Waals surface area (Å²) in [7, 11) is -4.65. The van der Waals surface area contributed by atoms with E-state index in [9.17, 15) is 17.1 Å². The van der Waals surface area contributed by atoms with Crippen molar-refractivity contribution in [2.24, 2.45) is 0 Å². The number of hydrogen-bond donors (Lipinski definition) is 0. The molecule has 0 radical (unpaired) electrons. The summed E-state index contributed by atoms with van der Waals surface area (Å²) in [5, 5.41) is 7.83. The quantitative estimate of drug-likeness (QED) is 0.364. The summed E-state index contributed by atoms with van der Waals surface area (Å²) in [5.41, 5.74) is 0.823. The van der Waals surface area contributed by atoms with Gasteiger partial charge < -0.3 is 9.64 Å². The van der Waals surface area contributed by atoms with Crippen molar-refractivity contribution in [1.82, 2.24) is 19.7 Å². The summed E-state index contributed by atoms with van der Waals surface area (Å²) in [6.07, 6.45) is 0.108. The molecule has 4 rings (SSSR count). The lowest BCUT2D eigenvalue weighted by Crippen LogP contribution is -2.32. The van der Waals surface area contributed by atoms with E-state index in [-0.39, 0.29) is 37.8 Å². The third-order valence-corrected chi connectivity index (χ3v) is 7.14. The average Bonchev–Trinajstić information content (AvgIpc) is 3.45. The predicted molar refractivity (Wildman–Crippen MR) is 118 cm³/mol. The van der Waals surface area contributed by atoms with Crippen LogP contribution in [-0.4, -0.2) is 58.1 Å². The number of nitrogens with zero attached hydrogens (tertiary/aromatic N) is 4. The minimum atomic E-state index is -4.65. The average molecular weight is 477 g/mol. The van der Waals surface area contributed by atoms with E-state index in [1.54, 1.807) is 0 Å². The lowest BCUT2D eigenvalue weighted by Gasteiger charge is -2.15. The van der Waals surface area contributed by atoms with Gasteiger partial charge in [-0.25, -0.2) is 0 Å². The lowest BCUT2D eigenvalue weighted by atomic mass is 10.3. The first kappa shape index (κ1) is 22.3. The number of carbonyl (C=O) groups is 1. The van der Waals surface area contributed by atoms with Crippen LogP contribution in [0.3, 0.4) is 0 Å². The Kier molecular flexibility index (Phi) is 6.75. The van der Waals surface area contributed by atoms with Crippen molar-refractivity contribution in [3.63, 3.8) is 0 Å². The molecule has 2 aromatic carbocycles. The normalized spacial score (nSPS) is 16.3. The molecule has 0 bridgehead atoms. The molecule has 1 aromatic heterocycles. The largest absolute Gasteiger partial charge is 0.486 e. The molecule has 0 N–H and O–H groups in total. The van der Waals surface area contributed by atoms with Gasteiger partial charge in [0.1, 0.15) is 17.6 Å². The molecule has 2 heterocycles. The van der Waals surface area contributed by atoms with Gasteiger partial charge in [-0.15, -0.1) is 14.1 Å². The van der Waals surface area contributed by atoms with E-state index in [4.69, 9.17) is 4.74 Å². The number of halogens is 1. The van der Waals surface area contributed by atoms with Crippen LogP contribution in [0.4, 0.5) is 3.89 Å². The molecule has 0 aliphatic carbocycles. The molecule has 11 heteroatoms. The Labute approximate surface area is 189 Å². The van der Waals surface area contributed by atoms with Crippen molar-refractivity contribution >= 4 is 27.9 Å². The van der Waals surface area contributed by atoms with Crippen LogP contribution in [0.15, 0.2) is 65.8 Å². The predicted octanol–water partition coefficient (Wildman–Crippen LogP) is 2.84. The summed E-state index contributed by atoms with van der Waals surface area (Å²) in [5.74, 6) is 1.03. The fourth-order valence-electron chi connectivity index (χ4n) is 3.39. The SMILES string of the molecule is O=C(CSc1nnc(COc2ccccc2)n1-c1ccccc1)N1CCC(S(=O)(=O)F)C1. The molecular weight excluding hydrogens is 455 g/mol. The van der Waals surface area contributed by atoms with Gasteiger partial charge in [0.25, 0.3) is 0 Å². The first-order valence-corrected chi connectivity index (χ1v) is 12.4. The molecule has 32 heavy (non-hydrogen) atoms. The highest BCUT2D eigenvalue weighted by molar-refractivity contribution is 7.99. The zero-order valence-electron chi connectivity index (χ0n) is 17.0. The van der Waals surface area contributed by atoms with Crippen LogP contribution in [0.25, 0.3) is 5.69 Å². The van der Waals surface area contributed by atoms with Crippen molar-refractivity contribution in [3.05, 3.63) is 66.5 Å². The second-order valence-electron chi connectivity index (χ2n) is 7.19. The number of carbonyl (C=O) groups excluding carboxylic acids is 1. The van der Waals surface area contributed by atoms with E-state index in [0.29, 0.717) is 16.7 Å². The van der Waals surface area contributed by atoms with E-state index in [2.05, 4.69) is 10.2 Å². The summed E-state index contributed by atoms with van der Waals surface area (Å²) in [6, 6.07) is 18.8. The van der Waals surface area contributed by atoms with Crippen LogP contribution in [0.1, 0.15) is 12.2 Å². The molecule has 0 saturated carbocycles. The van der Waals surface area contributed by atoms with E-state index >= 15 is 0 Å². The maximum Gasteiger partial charge on any atom is 0.307 e. The minimum Gasteiger partial charge on any atom is -0.486 e. The Bertz CT molecular complexity index is 1170. The standard InChI is InChI=1S/C21H21FN4O4S2/c22-32(28,29)18-11-12-25(13-18)20(27)15-31-21-24-23-19(14-30-17-9-5-2-6-10-17)26(21)16-7-3-1-4-8-16/h1-10,18H,11-15H2. The fourth-order valence-corrected chi connectivity index (χ4v) is 5.01. The smallest absolute Gasteiger partial charge is 0.307 e. The molecule has 0 spiro atoms. The Morgan fingerprint density at radius 3 is 2.44 bits per heavy atom. The first-order valence-electron chi connectivity index (χ1n) is 9.93. The number of hydrogen-bond acceptors (Lipinski definition) is 7. The number of para-hydroxylation sites is 2. The van der Waals surface area contributed by atoms with E-state index in [1.165, 1.54) is 16.7 Å². The van der Waals surface area contributed by atoms with E-state index < -0.39 is 15.5 Å². The van der Waals surface area contributed by atoms with Crippen LogP contribution in [0.5, 0.6) is 5.75 Å². The monoisotopic (exact) mass is 476 g/mol. The molecule has 1 unspecified atom stereocenters. The summed E-state index contributed by atoms with van der Waals surface area (Å²) in [6.45, 7) is 0.275. The number of likely N-dealkylation sites (tertiary alicyclic amines) is 1. The van der Waals surface area contributed by atoms with Crippen molar-refractivity contribution < 1.29 is 21.8 Å². The third-order valence-electron chi connectivity index (χ3n) is 5.05. The van der Waals surface area contributed by atoms with Crippen molar-refractivity contribution in [2.75, 3.05) is 18.8 Å². The summed E-state index contributed by atoms with van der Waals surface area (Å²) >= 11 is 1.19. The molecule has 8 nitrogen and oxygen atoms in total. The molecule has 3 aromatic rings. The molecule has 1 amide bonds. The molecule has 1 atom stereocenters. The van der Waals surface area contributed by atoms with Crippen LogP contribution < -0.4 is 4.74 Å². The highest BCUT2D eigenvalue weighted by atomic mass is 32.3. The van der Waals surface area contributed by atoms with Gasteiger partial charge in [0.15, 0.2) is 11.0 Å². The van der Waals surface area contributed by atoms with Crippen LogP contribution >= 0.6 is 11.8 Å². The molecule has 1 aliphatic heterocycles. The molecular formula is C21H21FN4O4S2. The second kappa shape index (κ2) is 9.70. The van der Waals surface area contributed by atoms with Crippen LogP contribution in [0, 0.1) is 0 Å². The van der Waals surface area contributed by atoms with Gasteiger partial charge in [-0.05, 0) is 30.7 Å². The molecule has 168 valence electrons. The fraction of sp³-hybridized carbons (Fsp3) is 0.286. The first-order chi connectivity index (χ1) is 15.4. The molecule has 1 aliphatic rings. The zero-order chi connectivity index (χ0) is 22.6. The van der Waals surface area contributed by atoms with Gasteiger partial charge >= 0.3 is 10.2 Å². The third kappa shape index (κ3) is 5.28. The maximum atomic E-state index is 13.2. The number of thioether (sulfide) groups is 1. The Hall–Kier alpha value is -2.92. The van der Waals surface area contributed by atoms with Crippen LogP contribution in [-0.2, 0) is 21.6 Å². The van der Waals surface area contributed by atoms with Crippen molar-refractivity contribution in [3.8, 4) is 11.4 Å². The van der Waals surface area contributed by atoms with Gasteiger partial charge in [-0.2, -0.15) is 8.42 Å². The highest BCUT2D eigenvalue weighted by Gasteiger charge is 2.35. The number of benzene rings is 2. The van der Waals surface area contributed by atoms with Crippen molar-refractivity contribution in [1.29, 1.82) is 0 Å². The van der Waals surface area contributed by atoms with E-state index in [0.717, 1.165) is 5.69 Å². The summed E-state index contributed by atoms with van der Waals surface area (Å²) in [4.78, 5) is 13.9. The number of amides is 1. The molecule has 1 saturated heterocycles.